The van der Waals surface area contributed by atoms with Crippen LogP contribution in [0.3, 0.4) is 0 Å². The summed E-state index contributed by atoms with van der Waals surface area (Å²) in [4.78, 5) is 39.6. The fourth-order valence-electron chi connectivity index (χ4n) is 2.33. The van der Waals surface area contributed by atoms with Crippen molar-refractivity contribution in [1.29, 1.82) is 0 Å². The Labute approximate surface area is 160 Å². The SMILES string of the molecule is CSCCOC(C)(C)CCOC(C)(C)CCC(=O)ON1C(=O)CCC1=O. The number of nitrogens with zero attached hydrogens (tertiary/aromatic N) is 1. The average molecular weight is 390 g/mol. The third-order valence-corrected chi connectivity index (χ3v) is 4.68. The summed E-state index contributed by atoms with van der Waals surface area (Å²) in [6, 6.07) is 0. The number of hydrogen-bond acceptors (Lipinski definition) is 7. The van der Waals surface area contributed by atoms with Gasteiger partial charge in [0, 0.05) is 18.6 Å². The molecule has 0 N–H and O–H groups in total. The lowest BCUT2D eigenvalue weighted by Crippen LogP contribution is -2.34. The van der Waals surface area contributed by atoms with Crippen LogP contribution in [0.25, 0.3) is 0 Å². The second-order valence-corrected chi connectivity index (χ2v) is 8.49. The maximum Gasteiger partial charge on any atom is 0.333 e. The van der Waals surface area contributed by atoms with Gasteiger partial charge >= 0.3 is 5.97 Å². The van der Waals surface area contributed by atoms with Crippen LogP contribution in [0.2, 0.25) is 0 Å². The van der Waals surface area contributed by atoms with Crippen molar-refractivity contribution in [3.8, 4) is 0 Å². The molecule has 1 aliphatic rings. The highest BCUT2D eigenvalue weighted by molar-refractivity contribution is 7.98. The van der Waals surface area contributed by atoms with E-state index < -0.39 is 23.4 Å². The van der Waals surface area contributed by atoms with Gasteiger partial charge in [0.2, 0.25) is 0 Å². The van der Waals surface area contributed by atoms with E-state index >= 15 is 0 Å². The lowest BCUT2D eigenvalue weighted by molar-refractivity contribution is -0.198. The Bertz CT molecular complexity index is 490. The minimum absolute atomic E-state index is 0.0671. The Morgan fingerprint density at radius 2 is 1.54 bits per heavy atom. The normalized spacial score (nSPS) is 15.7. The number of carbonyl (C=O) groups is 3. The molecule has 2 amide bonds. The topological polar surface area (TPSA) is 82.1 Å². The number of ether oxygens (including phenoxy) is 2. The minimum Gasteiger partial charge on any atom is -0.375 e. The number of imide groups is 1. The Morgan fingerprint density at radius 1 is 1.00 bits per heavy atom. The van der Waals surface area contributed by atoms with Gasteiger partial charge in [-0.1, -0.05) is 0 Å². The van der Waals surface area contributed by atoms with Crippen LogP contribution in [0.4, 0.5) is 0 Å². The maximum absolute atomic E-state index is 11.9. The number of thioether (sulfide) groups is 1. The molecule has 0 saturated carbocycles. The summed E-state index contributed by atoms with van der Waals surface area (Å²) < 4.78 is 11.7. The molecule has 1 aliphatic heterocycles. The van der Waals surface area contributed by atoms with E-state index in [0.717, 1.165) is 12.2 Å². The van der Waals surface area contributed by atoms with Crippen molar-refractivity contribution in [2.24, 2.45) is 0 Å². The molecule has 1 fully saturated rings. The van der Waals surface area contributed by atoms with Crippen LogP contribution >= 0.6 is 11.8 Å². The van der Waals surface area contributed by atoms with Gasteiger partial charge in [0.15, 0.2) is 0 Å². The predicted octanol–water partition coefficient (Wildman–Crippen LogP) is 2.72. The first-order valence-electron chi connectivity index (χ1n) is 8.90. The highest BCUT2D eigenvalue weighted by Crippen LogP contribution is 2.22. The van der Waals surface area contributed by atoms with Gasteiger partial charge < -0.3 is 14.3 Å². The minimum atomic E-state index is -0.606. The van der Waals surface area contributed by atoms with Crippen molar-refractivity contribution in [2.75, 3.05) is 25.2 Å². The van der Waals surface area contributed by atoms with Crippen LogP contribution < -0.4 is 0 Å². The van der Waals surface area contributed by atoms with E-state index in [0.29, 0.717) is 24.7 Å². The molecule has 0 unspecified atom stereocenters. The molecule has 26 heavy (non-hydrogen) atoms. The van der Waals surface area contributed by atoms with E-state index in [1.54, 1.807) is 11.8 Å². The molecule has 8 heteroatoms. The van der Waals surface area contributed by atoms with Crippen molar-refractivity contribution < 1.29 is 28.7 Å². The predicted molar refractivity (Wildman–Crippen MR) is 99.5 cm³/mol. The zero-order valence-corrected chi connectivity index (χ0v) is 17.3. The molecule has 150 valence electrons. The van der Waals surface area contributed by atoms with Gasteiger partial charge in [-0.05, 0) is 46.8 Å². The molecule has 0 aromatic rings. The Kier molecular flexibility index (Phi) is 9.06. The molecule has 0 bridgehead atoms. The smallest absolute Gasteiger partial charge is 0.333 e. The van der Waals surface area contributed by atoms with Crippen LogP contribution in [-0.4, -0.2) is 59.3 Å². The van der Waals surface area contributed by atoms with Crippen molar-refractivity contribution in [1.82, 2.24) is 5.06 Å². The van der Waals surface area contributed by atoms with Gasteiger partial charge in [0.05, 0.1) is 30.8 Å². The second-order valence-electron chi connectivity index (χ2n) is 7.50. The number of rotatable bonds is 12. The molecule has 0 aromatic carbocycles. The first-order chi connectivity index (χ1) is 12.1. The molecule has 0 aliphatic carbocycles. The van der Waals surface area contributed by atoms with Crippen LogP contribution in [0.15, 0.2) is 0 Å². The monoisotopic (exact) mass is 389 g/mol. The second kappa shape index (κ2) is 10.3. The zero-order valence-electron chi connectivity index (χ0n) is 16.5. The van der Waals surface area contributed by atoms with E-state index in [4.69, 9.17) is 14.3 Å². The van der Waals surface area contributed by atoms with E-state index in [1.807, 2.05) is 34.0 Å². The van der Waals surface area contributed by atoms with Gasteiger partial charge in [0.1, 0.15) is 0 Å². The van der Waals surface area contributed by atoms with Crippen molar-refractivity contribution >= 4 is 29.5 Å². The Morgan fingerprint density at radius 3 is 2.12 bits per heavy atom. The van der Waals surface area contributed by atoms with Gasteiger partial charge in [-0.2, -0.15) is 11.8 Å². The summed E-state index contributed by atoms with van der Waals surface area (Å²) in [5, 5.41) is 0.574. The summed E-state index contributed by atoms with van der Waals surface area (Å²) in [6.07, 6.45) is 3.47. The molecule has 1 saturated heterocycles. The van der Waals surface area contributed by atoms with Crippen LogP contribution in [0.1, 0.15) is 59.8 Å². The largest absolute Gasteiger partial charge is 0.375 e. The summed E-state index contributed by atoms with van der Waals surface area (Å²) in [7, 11) is 0. The summed E-state index contributed by atoms with van der Waals surface area (Å²) >= 11 is 1.75. The van der Waals surface area contributed by atoms with Crippen molar-refractivity contribution in [3.05, 3.63) is 0 Å². The molecular weight excluding hydrogens is 358 g/mol. The fraction of sp³-hybridized carbons (Fsp3) is 0.833. The van der Waals surface area contributed by atoms with Crippen molar-refractivity contribution in [3.63, 3.8) is 0 Å². The summed E-state index contributed by atoms with van der Waals surface area (Å²) in [5.41, 5.74) is -0.783. The standard InChI is InChI=1S/C18H31NO6S/c1-17(2,23-11-10-18(3,4)24-12-13-26-5)9-8-16(22)25-19-14(20)6-7-15(19)21/h6-13H2,1-5H3. The van der Waals surface area contributed by atoms with Crippen LogP contribution in [-0.2, 0) is 28.7 Å². The van der Waals surface area contributed by atoms with Gasteiger partial charge in [-0.3, -0.25) is 9.59 Å². The third-order valence-electron chi connectivity index (χ3n) is 4.11. The third kappa shape index (κ3) is 8.51. The van der Waals surface area contributed by atoms with E-state index in [-0.39, 0.29) is 24.9 Å². The van der Waals surface area contributed by atoms with Gasteiger partial charge in [0.25, 0.3) is 11.8 Å². The molecular formula is C18H31NO6S. The van der Waals surface area contributed by atoms with Crippen LogP contribution in [0.5, 0.6) is 0 Å². The quantitative estimate of drug-likeness (QED) is 0.375. The Hall–Kier alpha value is -1.12. The molecule has 0 atom stereocenters. The number of hydroxylamine groups is 2. The zero-order chi connectivity index (χ0) is 19.8. The maximum atomic E-state index is 11.9. The van der Waals surface area contributed by atoms with E-state index in [2.05, 4.69) is 0 Å². The molecule has 1 rings (SSSR count). The number of amides is 2. The fourth-order valence-corrected chi connectivity index (χ4v) is 2.58. The van der Waals surface area contributed by atoms with E-state index in [9.17, 15) is 14.4 Å². The molecule has 0 spiro atoms. The lowest BCUT2D eigenvalue weighted by atomic mass is 10.0. The van der Waals surface area contributed by atoms with E-state index in [1.165, 1.54) is 0 Å². The first-order valence-corrected chi connectivity index (χ1v) is 10.3. The molecule has 0 aromatic heterocycles. The summed E-state index contributed by atoms with van der Waals surface area (Å²) in [5.74, 6) is -0.587. The molecule has 1 heterocycles. The molecule has 0 radical (unpaired) electrons. The Balaban J connectivity index is 2.29. The van der Waals surface area contributed by atoms with Crippen LogP contribution in [0, 0.1) is 0 Å². The highest BCUT2D eigenvalue weighted by Gasteiger charge is 2.33. The highest BCUT2D eigenvalue weighted by atomic mass is 32.2. The number of hydrogen-bond donors (Lipinski definition) is 0. The molecule has 7 nitrogen and oxygen atoms in total. The van der Waals surface area contributed by atoms with Gasteiger partial charge in [-0.25, -0.2) is 4.79 Å². The first kappa shape index (κ1) is 22.9. The lowest BCUT2D eigenvalue weighted by Gasteiger charge is -2.29. The van der Waals surface area contributed by atoms with Gasteiger partial charge in [-0.15, -0.1) is 5.06 Å². The number of carbonyl (C=O) groups excluding carboxylic acids is 3. The van der Waals surface area contributed by atoms with Crippen molar-refractivity contribution in [2.45, 2.75) is 71.0 Å². The average Bonchev–Trinajstić information content (AvgIpc) is 2.85. The summed E-state index contributed by atoms with van der Waals surface area (Å²) in [6.45, 7) is 9.08.